The number of methoxy groups -OCH3 is 1. The third kappa shape index (κ3) is 5.62. The molecule has 3 aromatic rings. The second-order valence-corrected chi connectivity index (χ2v) is 7.96. The van der Waals surface area contributed by atoms with Crippen molar-refractivity contribution in [3.8, 4) is 17.1 Å². The van der Waals surface area contributed by atoms with E-state index in [9.17, 15) is 4.79 Å². The zero-order valence-electron chi connectivity index (χ0n) is 17.5. The first kappa shape index (κ1) is 21.3. The Labute approximate surface area is 186 Å². The maximum atomic E-state index is 12.5. The molecule has 162 valence electrons. The van der Waals surface area contributed by atoms with Crippen LogP contribution in [0.3, 0.4) is 0 Å². The van der Waals surface area contributed by atoms with Gasteiger partial charge in [0.15, 0.2) is 0 Å². The SMILES string of the molecule is COc1ccc(-c2noc(CN3CCN(C(=O)CCc4ccc(Cl)cc4)CC3)n2)cc1. The van der Waals surface area contributed by atoms with E-state index >= 15 is 0 Å². The molecule has 0 N–H and O–H groups in total. The third-order valence-electron chi connectivity index (χ3n) is 5.44. The molecule has 7 nitrogen and oxygen atoms in total. The molecule has 0 radical (unpaired) electrons. The van der Waals surface area contributed by atoms with Gasteiger partial charge in [-0.1, -0.05) is 28.9 Å². The van der Waals surface area contributed by atoms with Gasteiger partial charge in [0.1, 0.15) is 5.75 Å². The van der Waals surface area contributed by atoms with Crippen molar-refractivity contribution >= 4 is 17.5 Å². The minimum Gasteiger partial charge on any atom is -0.497 e. The number of carbonyl (C=O) groups is 1. The molecular formula is C23H25ClN4O3. The lowest BCUT2D eigenvalue weighted by molar-refractivity contribution is -0.133. The Hall–Kier alpha value is -2.90. The normalized spacial score (nSPS) is 14.6. The Balaban J connectivity index is 1.24. The molecule has 2 heterocycles. The summed E-state index contributed by atoms with van der Waals surface area (Å²) in [4.78, 5) is 21.2. The van der Waals surface area contributed by atoms with Crippen molar-refractivity contribution in [3.63, 3.8) is 0 Å². The van der Waals surface area contributed by atoms with Crippen LogP contribution >= 0.6 is 11.6 Å². The van der Waals surface area contributed by atoms with Gasteiger partial charge in [-0.05, 0) is 48.4 Å². The predicted molar refractivity (Wildman–Crippen MR) is 118 cm³/mol. The first-order valence-electron chi connectivity index (χ1n) is 10.3. The lowest BCUT2D eigenvalue weighted by Gasteiger charge is -2.34. The highest BCUT2D eigenvalue weighted by Gasteiger charge is 2.22. The first-order valence-corrected chi connectivity index (χ1v) is 10.7. The summed E-state index contributed by atoms with van der Waals surface area (Å²) in [5, 5.41) is 4.79. The number of hydrogen-bond acceptors (Lipinski definition) is 6. The summed E-state index contributed by atoms with van der Waals surface area (Å²) in [7, 11) is 1.63. The van der Waals surface area contributed by atoms with Gasteiger partial charge in [-0.2, -0.15) is 4.98 Å². The van der Waals surface area contributed by atoms with E-state index in [4.69, 9.17) is 20.9 Å². The van der Waals surface area contributed by atoms with Gasteiger partial charge in [-0.15, -0.1) is 0 Å². The van der Waals surface area contributed by atoms with Crippen molar-refractivity contribution < 1.29 is 14.1 Å². The predicted octanol–water partition coefficient (Wildman–Crippen LogP) is 3.68. The van der Waals surface area contributed by atoms with Crippen LogP contribution in [-0.4, -0.2) is 59.1 Å². The smallest absolute Gasteiger partial charge is 0.241 e. The van der Waals surface area contributed by atoms with Crippen molar-refractivity contribution in [1.29, 1.82) is 0 Å². The van der Waals surface area contributed by atoms with E-state index in [0.29, 0.717) is 42.8 Å². The number of benzene rings is 2. The molecule has 0 aliphatic carbocycles. The minimum atomic E-state index is 0.189. The summed E-state index contributed by atoms with van der Waals surface area (Å²) < 4.78 is 10.6. The fourth-order valence-electron chi connectivity index (χ4n) is 3.58. The third-order valence-corrected chi connectivity index (χ3v) is 5.69. The Morgan fingerprint density at radius 3 is 2.45 bits per heavy atom. The number of hydrogen-bond donors (Lipinski definition) is 0. The number of ether oxygens (including phenoxy) is 1. The van der Waals surface area contributed by atoms with Crippen molar-refractivity contribution in [2.45, 2.75) is 19.4 Å². The number of amides is 1. The highest BCUT2D eigenvalue weighted by Crippen LogP contribution is 2.20. The van der Waals surface area contributed by atoms with Crippen molar-refractivity contribution in [3.05, 3.63) is 65.0 Å². The lowest BCUT2D eigenvalue weighted by Crippen LogP contribution is -2.48. The summed E-state index contributed by atoms with van der Waals surface area (Å²) in [6.07, 6.45) is 1.24. The first-order chi connectivity index (χ1) is 15.1. The van der Waals surface area contributed by atoms with Gasteiger partial charge in [0.2, 0.25) is 17.6 Å². The molecule has 1 aliphatic rings. The van der Waals surface area contributed by atoms with E-state index in [1.54, 1.807) is 7.11 Å². The van der Waals surface area contributed by atoms with E-state index in [-0.39, 0.29) is 5.91 Å². The molecule has 2 aromatic carbocycles. The Bertz CT molecular complexity index is 996. The van der Waals surface area contributed by atoms with Crippen LogP contribution in [0.15, 0.2) is 53.1 Å². The monoisotopic (exact) mass is 440 g/mol. The molecule has 0 saturated carbocycles. The maximum absolute atomic E-state index is 12.5. The zero-order chi connectivity index (χ0) is 21.6. The Morgan fingerprint density at radius 2 is 1.77 bits per heavy atom. The highest BCUT2D eigenvalue weighted by molar-refractivity contribution is 6.30. The number of piperazine rings is 1. The number of nitrogens with zero attached hydrogens (tertiary/aromatic N) is 4. The molecule has 1 saturated heterocycles. The van der Waals surface area contributed by atoms with Crippen molar-refractivity contribution in [2.24, 2.45) is 0 Å². The van der Waals surface area contributed by atoms with E-state index in [1.807, 2.05) is 53.4 Å². The quantitative estimate of drug-likeness (QED) is 0.558. The fraction of sp³-hybridized carbons (Fsp3) is 0.348. The number of rotatable bonds is 7. The molecule has 0 bridgehead atoms. The van der Waals surface area contributed by atoms with Gasteiger partial charge < -0.3 is 14.2 Å². The van der Waals surface area contributed by atoms with Crippen LogP contribution in [0.2, 0.25) is 5.02 Å². The standard InChI is InChI=1S/C23H25ClN4O3/c1-30-20-9-5-18(6-10-20)23-25-21(31-26-23)16-27-12-14-28(15-13-27)22(29)11-4-17-2-7-19(24)8-3-17/h2-3,5-10H,4,11-16H2,1H3. The van der Waals surface area contributed by atoms with Crippen LogP contribution < -0.4 is 4.74 Å². The minimum absolute atomic E-state index is 0.189. The van der Waals surface area contributed by atoms with Crippen LogP contribution in [0.4, 0.5) is 0 Å². The Morgan fingerprint density at radius 1 is 1.06 bits per heavy atom. The zero-order valence-corrected chi connectivity index (χ0v) is 18.2. The van der Waals surface area contributed by atoms with Crippen molar-refractivity contribution in [1.82, 2.24) is 19.9 Å². The lowest BCUT2D eigenvalue weighted by atomic mass is 10.1. The fourth-order valence-corrected chi connectivity index (χ4v) is 3.71. The molecule has 1 amide bonds. The topological polar surface area (TPSA) is 71.7 Å². The van der Waals surface area contributed by atoms with E-state index in [2.05, 4.69) is 15.0 Å². The molecule has 1 fully saturated rings. The molecule has 1 aromatic heterocycles. The van der Waals surface area contributed by atoms with Gasteiger partial charge in [0.05, 0.1) is 13.7 Å². The molecule has 8 heteroatoms. The summed E-state index contributed by atoms with van der Waals surface area (Å²) in [6, 6.07) is 15.2. The summed E-state index contributed by atoms with van der Waals surface area (Å²) in [6.45, 7) is 3.56. The van der Waals surface area contributed by atoms with Gasteiger partial charge in [-0.25, -0.2) is 0 Å². The van der Waals surface area contributed by atoms with Crippen LogP contribution in [0, 0.1) is 0 Å². The van der Waals surface area contributed by atoms with Gasteiger partial charge in [-0.3, -0.25) is 9.69 Å². The van der Waals surface area contributed by atoms with Crippen molar-refractivity contribution in [2.75, 3.05) is 33.3 Å². The average molecular weight is 441 g/mol. The van der Waals surface area contributed by atoms with E-state index in [0.717, 1.165) is 36.4 Å². The Kier molecular flexibility index (Phi) is 6.84. The molecule has 0 atom stereocenters. The molecule has 1 aliphatic heterocycles. The molecule has 0 unspecified atom stereocenters. The van der Waals surface area contributed by atoms with Crippen LogP contribution in [-0.2, 0) is 17.8 Å². The van der Waals surface area contributed by atoms with Gasteiger partial charge in [0.25, 0.3) is 0 Å². The summed E-state index contributed by atoms with van der Waals surface area (Å²) in [5.41, 5.74) is 2.01. The van der Waals surface area contributed by atoms with Gasteiger partial charge in [0, 0.05) is 43.2 Å². The summed E-state index contributed by atoms with van der Waals surface area (Å²) in [5.74, 6) is 2.12. The average Bonchev–Trinajstić information content (AvgIpc) is 3.27. The van der Waals surface area contributed by atoms with E-state index < -0.39 is 0 Å². The summed E-state index contributed by atoms with van der Waals surface area (Å²) >= 11 is 5.91. The number of halogens is 1. The largest absolute Gasteiger partial charge is 0.497 e. The maximum Gasteiger partial charge on any atom is 0.241 e. The molecular weight excluding hydrogens is 416 g/mol. The molecule has 0 spiro atoms. The second kappa shape index (κ2) is 9.94. The van der Waals surface area contributed by atoms with E-state index in [1.165, 1.54) is 0 Å². The molecule has 31 heavy (non-hydrogen) atoms. The van der Waals surface area contributed by atoms with Crippen LogP contribution in [0.5, 0.6) is 5.75 Å². The highest BCUT2D eigenvalue weighted by atomic mass is 35.5. The number of carbonyl (C=O) groups excluding carboxylic acids is 1. The van der Waals surface area contributed by atoms with Crippen LogP contribution in [0.25, 0.3) is 11.4 Å². The van der Waals surface area contributed by atoms with Gasteiger partial charge >= 0.3 is 0 Å². The number of aryl methyl sites for hydroxylation is 1. The van der Waals surface area contributed by atoms with Crippen LogP contribution in [0.1, 0.15) is 17.9 Å². The molecule has 4 rings (SSSR count). The second-order valence-electron chi connectivity index (χ2n) is 7.52. The number of aromatic nitrogens is 2.